The highest BCUT2D eigenvalue weighted by Crippen LogP contribution is 2.33. The molecule has 4 aromatic carbocycles. The molecule has 4 aromatic rings. The van der Waals surface area contributed by atoms with E-state index in [4.69, 9.17) is 14.2 Å². The quantitative estimate of drug-likeness (QED) is 0.131. The number of ether oxygens (including phenoxy) is 3. The predicted octanol–water partition coefficient (Wildman–Crippen LogP) is 7.13. The van der Waals surface area contributed by atoms with E-state index >= 15 is 0 Å². The first-order chi connectivity index (χ1) is 25.1. The SMILES string of the molecule is COc1cc(C(=O)N(C)c2ccc(C)cc2OCCCCCC(=O)N2CCN(C)CC2)ccc1NC(=O)c1cc(C)ccc1OCc1ccccc1. The molecule has 1 aliphatic heterocycles. The molecule has 1 N–H and O–H groups in total. The number of nitrogens with zero attached hydrogens (tertiary/aromatic N) is 3. The van der Waals surface area contributed by atoms with Crippen LogP contribution in [0.3, 0.4) is 0 Å². The summed E-state index contributed by atoms with van der Waals surface area (Å²) in [5.74, 6) is 1.03. The summed E-state index contributed by atoms with van der Waals surface area (Å²) < 4.78 is 17.9. The van der Waals surface area contributed by atoms with Gasteiger partial charge in [-0.15, -0.1) is 0 Å². The second-order valence-electron chi connectivity index (χ2n) is 13.3. The van der Waals surface area contributed by atoms with Crippen LogP contribution >= 0.6 is 0 Å². The van der Waals surface area contributed by atoms with Gasteiger partial charge in [0.1, 0.15) is 23.9 Å². The molecule has 3 amide bonds. The van der Waals surface area contributed by atoms with Gasteiger partial charge in [0.25, 0.3) is 11.8 Å². The second kappa shape index (κ2) is 18.2. The highest BCUT2D eigenvalue weighted by molar-refractivity contribution is 6.09. The first-order valence-corrected chi connectivity index (χ1v) is 17.9. The van der Waals surface area contributed by atoms with Gasteiger partial charge in [0.15, 0.2) is 0 Å². The van der Waals surface area contributed by atoms with Crippen molar-refractivity contribution in [1.82, 2.24) is 9.80 Å². The smallest absolute Gasteiger partial charge is 0.259 e. The van der Waals surface area contributed by atoms with Crippen molar-refractivity contribution in [2.45, 2.75) is 46.1 Å². The van der Waals surface area contributed by atoms with Crippen LogP contribution in [-0.2, 0) is 11.4 Å². The van der Waals surface area contributed by atoms with Crippen molar-refractivity contribution >= 4 is 29.1 Å². The Morgan fingerprint density at radius 3 is 2.25 bits per heavy atom. The molecule has 0 aliphatic carbocycles. The zero-order valence-corrected chi connectivity index (χ0v) is 30.9. The van der Waals surface area contributed by atoms with E-state index in [0.29, 0.717) is 59.4 Å². The number of carbonyl (C=O) groups excluding carboxylic acids is 3. The van der Waals surface area contributed by atoms with Crippen molar-refractivity contribution in [3.63, 3.8) is 0 Å². The van der Waals surface area contributed by atoms with E-state index in [-0.39, 0.29) is 17.7 Å². The summed E-state index contributed by atoms with van der Waals surface area (Å²) in [5.41, 5.74) is 4.76. The number of anilines is 2. The van der Waals surface area contributed by atoms with Gasteiger partial charge in [-0.3, -0.25) is 14.4 Å². The lowest BCUT2D eigenvalue weighted by molar-refractivity contribution is -0.132. The van der Waals surface area contributed by atoms with Gasteiger partial charge in [0.2, 0.25) is 5.91 Å². The van der Waals surface area contributed by atoms with Crippen molar-refractivity contribution in [2.24, 2.45) is 0 Å². The molecule has 0 unspecified atom stereocenters. The molecule has 1 heterocycles. The summed E-state index contributed by atoms with van der Waals surface area (Å²) in [7, 11) is 5.29. The Balaban J connectivity index is 1.19. The molecular formula is C42H50N4O6. The molecular weight excluding hydrogens is 656 g/mol. The lowest BCUT2D eigenvalue weighted by Gasteiger charge is -2.32. The number of likely N-dealkylation sites (N-methyl/N-ethyl adjacent to an activating group) is 1. The summed E-state index contributed by atoms with van der Waals surface area (Å²) in [4.78, 5) is 45.6. The Labute approximate surface area is 307 Å². The van der Waals surface area contributed by atoms with Crippen molar-refractivity contribution in [2.75, 3.05) is 64.2 Å². The Hall–Kier alpha value is -5.35. The predicted molar refractivity (Wildman–Crippen MR) is 205 cm³/mol. The van der Waals surface area contributed by atoms with Gasteiger partial charge in [-0.05, 0) is 93.7 Å². The fraction of sp³-hybridized carbons (Fsp3) is 0.357. The van der Waals surface area contributed by atoms with Crippen LogP contribution in [0, 0.1) is 13.8 Å². The van der Waals surface area contributed by atoms with Crippen molar-refractivity contribution in [1.29, 1.82) is 0 Å². The molecule has 52 heavy (non-hydrogen) atoms. The third kappa shape index (κ3) is 10.1. The van der Waals surface area contributed by atoms with Gasteiger partial charge in [-0.1, -0.05) is 48.0 Å². The van der Waals surface area contributed by atoms with Crippen LogP contribution in [0.5, 0.6) is 17.2 Å². The largest absolute Gasteiger partial charge is 0.495 e. The van der Waals surface area contributed by atoms with E-state index in [0.717, 1.165) is 62.1 Å². The number of rotatable bonds is 15. The third-order valence-corrected chi connectivity index (χ3v) is 9.24. The lowest BCUT2D eigenvalue weighted by atomic mass is 10.1. The van der Waals surface area contributed by atoms with Gasteiger partial charge in [0, 0.05) is 45.2 Å². The molecule has 5 rings (SSSR count). The average molecular weight is 707 g/mol. The molecule has 0 atom stereocenters. The van der Waals surface area contributed by atoms with Crippen LogP contribution in [0.25, 0.3) is 0 Å². The maximum absolute atomic E-state index is 13.8. The van der Waals surface area contributed by atoms with E-state index in [2.05, 4.69) is 17.3 Å². The summed E-state index contributed by atoms with van der Waals surface area (Å²) in [6.07, 6.45) is 3.05. The van der Waals surface area contributed by atoms with Crippen molar-refractivity contribution in [3.05, 3.63) is 113 Å². The number of carbonyl (C=O) groups is 3. The van der Waals surface area contributed by atoms with Gasteiger partial charge in [-0.2, -0.15) is 0 Å². The maximum atomic E-state index is 13.8. The highest BCUT2D eigenvalue weighted by Gasteiger charge is 2.22. The second-order valence-corrected chi connectivity index (χ2v) is 13.3. The van der Waals surface area contributed by atoms with E-state index in [9.17, 15) is 14.4 Å². The lowest BCUT2D eigenvalue weighted by Crippen LogP contribution is -2.47. The Kier molecular flexibility index (Phi) is 13.3. The summed E-state index contributed by atoms with van der Waals surface area (Å²) in [5, 5.41) is 2.94. The third-order valence-electron chi connectivity index (χ3n) is 9.24. The average Bonchev–Trinajstić information content (AvgIpc) is 3.15. The highest BCUT2D eigenvalue weighted by atomic mass is 16.5. The molecule has 0 aromatic heterocycles. The number of hydrogen-bond acceptors (Lipinski definition) is 7. The number of benzene rings is 4. The van der Waals surface area contributed by atoms with Crippen LogP contribution in [0.1, 0.15) is 63.1 Å². The van der Waals surface area contributed by atoms with Gasteiger partial charge < -0.3 is 34.2 Å². The van der Waals surface area contributed by atoms with Crippen LogP contribution in [0.15, 0.2) is 84.9 Å². The number of piperazine rings is 1. The van der Waals surface area contributed by atoms with Crippen LogP contribution in [0.2, 0.25) is 0 Å². The van der Waals surface area contributed by atoms with Crippen LogP contribution in [0.4, 0.5) is 11.4 Å². The van der Waals surface area contributed by atoms with Gasteiger partial charge in [-0.25, -0.2) is 0 Å². The molecule has 274 valence electrons. The Bertz CT molecular complexity index is 1840. The van der Waals surface area contributed by atoms with E-state index in [1.165, 1.54) is 7.11 Å². The summed E-state index contributed by atoms with van der Waals surface area (Å²) >= 11 is 0. The molecule has 1 saturated heterocycles. The Morgan fingerprint density at radius 1 is 0.769 bits per heavy atom. The number of amides is 3. The molecule has 0 radical (unpaired) electrons. The zero-order valence-electron chi connectivity index (χ0n) is 30.9. The number of nitrogens with one attached hydrogen (secondary N) is 1. The minimum Gasteiger partial charge on any atom is -0.495 e. The fourth-order valence-electron chi connectivity index (χ4n) is 6.07. The van der Waals surface area contributed by atoms with Gasteiger partial charge >= 0.3 is 0 Å². The van der Waals surface area contributed by atoms with Gasteiger partial charge in [0.05, 0.1) is 30.7 Å². The molecule has 1 fully saturated rings. The van der Waals surface area contributed by atoms with E-state index in [1.807, 2.05) is 73.3 Å². The van der Waals surface area contributed by atoms with Crippen molar-refractivity contribution < 1.29 is 28.6 Å². The topological polar surface area (TPSA) is 101 Å². The normalized spacial score (nSPS) is 13.0. The molecule has 0 saturated carbocycles. The fourth-order valence-corrected chi connectivity index (χ4v) is 6.07. The van der Waals surface area contributed by atoms with Crippen molar-refractivity contribution in [3.8, 4) is 17.2 Å². The van der Waals surface area contributed by atoms with Crippen LogP contribution < -0.4 is 24.4 Å². The first-order valence-electron chi connectivity index (χ1n) is 17.9. The summed E-state index contributed by atoms with van der Waals surface area (Å²) in [6, 6.07) is 25.9. The minimum atomic E-state index is -0.357. The number of unbranched alkanes of at least 4 members (excludes halogenated alkanes) is 2. The number of methoxy groups -OCH3 is 1. The monoisotopic (exact) mass is 706 g/mol. The zero-order chi connectivity index (χ0) is 37.0. The van der Waals surface area contributed by atoms with E-state index < -0.39 is 0 Å². The first kappa shape index (κ1) is 37.9. The number of hydrogen-bond donors (Lipinski definition) is 1. The summed E-state index contributed by atoms with van der Waals surface area (Å²) in [6.45, 7) is 8.15. The maximum Gasteiger partial charge on any atom is 0.259 e. The molecule has 10 nitrogen and oxygen atoms in total. The standard InChI is InChI=1S/C42H50N4O6/c1-30-16-20-37(52-29-32-12-8-6-9-13-32)34(26-30)41(48)43-35-18-17-33(28-38(35)50-5)42(49)45(4)36-19-15-31(2)27-39(36)51-25-11-7-10-14-40(47)46-23-21-44(3)22-24-46/h6,8-9,12-13,15-20,26-28H,7,10-11,14,21-25,29H2,1-5H3,(H,43,48). The molecule has 0 bridgehead atoms. The molecule has 1 aliphatic rings. The van der Waals surface area contributed by atoms with E-state index in [1.54, 1.807) is 42.3 Å². The molecule has 10 heteroatoms. The number of aryl methyl sites for hydroxylation is 2. The molecule has 0 spiro atoms. The Morgan fingerprint density at radius 2 is 1.50 bits per heavy atom. The minimum absolute atomic E-state index is 0.228. The van der Waals surface area contributed by atoms with Crippen LogP contribution in [-0.4, -0.2) is 81.5 Å².